The largest absolute Gasteiger partial charge is 0.435 e. The van der Waals surface area contributed by atoms with Crippen LogP contribution in [-0.4, -0.2) is 68.1 Å². The van der Waals surface area contributed by atoms with Crippen LogP contribution in [0.4, 0.5) is 36.6 Å². The Labute approximate surface area is 360 Å². The smallest absolute Gasteiger partial charge is 0.381 e. The molecule has 334 valence electrons. The molecule has 2 aromatic carbocycles. The SMILES string of the molecule is C[C@@H]1c2c(C(F)(F)F)nn(CC(=O)N[C@@H](Cc3cc(F)cc(F)c3)c3nc(-c4cnn(C5CCOCC5)c4)ccc3-c3ccc(Cl)c4c(NS(C)(=O)=O)nn(C)c34)c2C(F)(F)[C@@H]1C. The molecule has 0 bridgehead atoms. The molecule has 3 atom stereocenters. The average molecular weight is 922 g/mol. The molecule has 1 aliphatic heterocycles. The zero-order chi connectivity index (χ0) is 45.3. The van der Waals surface area contributed by atoms with Crippen LogP contribution in [0.2, 0.25) is 5.02 Å². The fourth-order valence-corrected chi connectivity index (χ4v) is 9.25. The van der Waals surface area contributed by atoms with E-state index in [0.717, 1.165) is 25.3 Å². The molecule has 1 saturated heterocycles. The summed E-state index contributed by atoms with van der Waals surface area (Å²) in [5.74, 6) is -9.65. The summed E-state index contributed by atoms with van der Waals surface area (Å²) in [5.41, 5.74) is -1.38. The molecule has 63 heavy (non-hydrogen) atoms. The van der Waals surface area contributed by atoms with E-state index in [1.54, 1.807) is 35.3 Å². The number of benzene rings is 2. The van der Waals surface area contributed by atoms with Gasteiger partial charge in [0.2, 0.25) is 15.9 Å². The van der Waals surface area contributed by atoms with Gasteiger partial charge in [0, 0.05) is 60.7 Å². The van der Waals surface area contributed by atoms with Gasteiger partial charge in [0.1, 0.15) is 23.9 Å². The molecule has 22 heteroatoms. The van der Waals surface area contributed by atoms with Crippen LogP contribution in [0, 0.1) is 17.6 Å². The number of alkyl halides is 5. The Hall–Kier alpha value is -5.54. The first-order valence-electron chi connectivity index (χ1n) is 19.7. The first kappa shape index (κ1) is 44.1. The van der Waals surface area contributed by atoms with Crippen molar-refractivity contribution in [3.8, 4) is 22.4 Å². The van der Waals surface area contributed by atoms with Gasteiger partial charge in [-0.2, -0.15) is 37.2 Å². The second-order valence-corrected chi connectivity index (χ2v) is 18.1. The lowest BCUT2D eigenvalue weighted by Gasteiger charge is -2.24. The topological polar surface area (TPSA) is 151 Å². The summed E-state index contributed by atoms with van der Waals surface area (Å²) in [6.07, 6.45) is 0.220. The van der Waals surface area contributed by atoms with Gasteiger partial charge in [-0.1, -0.05) is 37.6 Å². The molecule has 13 nitrogen and oxygen atoms in total. The quantitative estimate of drug-likeness (QED) is 0.123. The molecule has 0 radical (unpaired) electrons. The van der Waals surface area contributed by atoms with Crippen LogP contribution in [0.25, 0.3) is 33.3 Å². The Balaban J connectivity index is 1.29. The minimum absolute atomic E-state index is 0.0261. The molecule has 1 fully saturated rings. The molecular weight excluding hydrogens is 883 g/mol. The summed E-state index contributed by atoms with van der Waals surface area (Å²) >= 11 is 6.65. The highest BCUT2D eigenvalue weighted by atomic mass is 35.5. The number of hydrogen-bond acceptors (Lipinski definition) is 8. The van der Waals surface area contributed by atoms with Gasteiger partial charge >= 0.3 is 6.18 Å². The maximum atomic E-state index is 15.7. The van der Waals surface area contributed by atoms with Crippen molar-refractivity contribution >= 4 is 44.3 Å². The number of carbonyl (C=O) groups excluding carboxylic acids is 1. The van der Waals surface area contributed by atoms with Gasteiger partial charge in [-0.3, -0.25) is 23.6 Å². The van der Waals surface area contributed by atoms with E-state index in [9.17, 15) is 35.2 Å². The van der Waals surface area contributed by atoms with Gasteiger partial charge in [-0.25, -0.2) is 22.2 Å². The number of hydrogen-bond donors (Lipinski definition) is 2. The predicted octanol–water partition coefficient (Wildman–Crippen LogP) is 8.31. The fourth-order valence-electron chi connectivity index (χ4n) is 8.51. The van der Waals surface area contributed by atoms with E-state index < -0.39 is 81.0 Å². The van der Waals surface area contributed by atoms with E-state index in [0.29, 0.717) is 59.1 Å². The van der Waals surface area contributed by atoms with E-state index >= 15 is 8.78 Å². The van der Waals surface area contributed by atoms with Crippen molar-refractivity contribution < 1.29 is 48.7 Å². The Morgan fingerprint density at radius 2 is 1.71 bits per heavy atom. The second kappa shape index (κ2) is 16.2. The number of carbonyl (C=O) groups is 1. The average Bonchev–Trinajstić information content (AvgIpc) is 3.96. The van der Waals surface area contributed by atoms with E-state index in [1.807, 2.05) is 0 Å². The third-order valence-electron chi connectivity index (χ3n) is 11.6. The number of anilines is 1. The molecule has 0 unspecified atom stereocenters. The Morgan fingerprint density at radius 1 is 1.03 bits per heavy atom. The summed E-state index contributed by atoms with van der Waals surface area (Å²) in [6.45, 7) is 2.34. The van der Waals surface area contributed by atoms with Crippen LogP contribution in [0.15, 0.2) is 54.9 Å². The predicted molar refractivity (Wildman–Crippen MR) is 217 cm³/mol. The van der Waals surface area contributed by atoms with Crippen molar-refractivity contribution in [2.75, 3.05) is 24.2 Å². The molecule has 5 heterocycles. The number of amides is 1. The zero-order valence-electron chi connectivity index (χ0n) is 33.9. The zero-order valence-corrected chi connectivity index (χ0v) is 35.5. The Morgan fingerprint density at radius 3 is 2.38 bits per heavy atom. The maximum Gasteiger partial charge on any atom is 0.435 e. The van der Waals surface area contributed by atoms with Crippen molar-refractivity contribution in [2.24, 2.45) is 13.0 Å². The van der Waals surface area contributed by atoms with Crippen molar-refractivity contribution in [3.05, 3.63) is 99.7 Å². The minimum atomic E-state index is -5.12. The molecular formula is C41H39ClF7N9O4S. The lowest BCUT2D eigenvalue weighted by atomic mass is 9.93. The summed E-state index contributed by atoms with van der Waals surface area (Å²) in [7, 11) is -2.32. The number of sulfonamides is 1. The number of pyridine rings is 1. The van der Waals surface area contributed by atoms with Crippen LogP contribution in [0.1, 0.15) is 72.9 Å². The number of ether oxygens (including phenoxy) is 1. The Bertz CT molecular complexity index is 2850. The standard InChI is InChI=1S/C41H39ClF7N9O4S/c1-20-21(2)40(45,46)38-33(20)37(41(47,48)49)53-58(38)19-32(59)51-31(15-22-13-24(43)16-25(44)14-22)35-27(6-8-30(52-35)23-17-50-57(18-23)26-9-11-62-12-10-26)28-5-7-29(42)34-36(28)56(3)54-39(34)55-63(4,60)61/h5-8,13-14,16-18,20-21,26,31H,9-12,15,19H2,1-4H3,(H,51,59)(H,54,55)/t20-,21+,31-/m0/s1. The highest BCUT2D eigenvalue weighted by Crippen LogP contribution is 2.55. The summed E-state index contributed by atoms with van der Waals surface area (Å²) < 4.78 is 140. The van der Waals surface area contributed by atoms with Crippen molar-refractivity contribution in [2.45, 2.75) is 69.8 Å². The van der Waals surface area contributed by atoms with Gasteiger partial charge in [-0.05, 0) is 55.0 Å². The van der Waals surface area contributed by atoms with E-state index in [-0.39, 0.29) is 45.5 Å². The Kier molecular flexibility index (Phi) is 11.4. The molecule has 6 aromatic rings. The number of halogens is 8. The monoisotopic (exact) mass is 921 g/mol. The first-order chi connectivity index (χ1) is 29.6. The summed E-state index contributed by atoms with van der Waals surface area (Å²) in [4.78, 5) is 19.2. The van der Waals surface area contributed by atoms with Gasteiger partial charge < -0.3 is 10.1 Å². The summed E-state index contributed by atoms with van der Waals surface area (Å²) in [6, 6.07) is 7.74. The molecule has 1 aliphatic carbocycles. The van der Waals surface area contributed by atoms with Crippen molar-refractivity contribution in [1.29, 1.82) is 0 Å². The highest BCUT2D eigenvalue weighted by molar-refractivity contribution is 7.92. The van der Waals surface area contributed by atoms with Gasteiger partial charge in [0.05, 0.1) is 51.8 Å². The van der Waals surface area contributed by atoms with Crippen molar-refractivity contribution in [3.63, 3.8) is 0 Å². The number of nitrogens with zero attached hydrogens (tertiary/aromatic N) is 7. The van der Waals surface area contributed by atoms with Crippen LogP contribution < -0.4 is 10.0 Å². The number of rotatable bonds is 11. The molecule has 8 rings (SSSR count). The molecule has 2 aliphatic rings. The third kappa shape index (κ3) is 8.49. The lowest BCUT2D eigenvalue weighted by molar-refractivity contribution is -0.143. The normalized spacial score (nSPS) is 18.5. The molecule has 0 spiro atoms. The van der Waals surface area contributed by atoms with Gasteiger partial charge in [-0.15, -0.1) is 0 Å². The van der Waals surface area contributed by atoms with Crippen LogP contribution in [0.3, 0.4) is 0 Å². The number of aryl methyl sites for hydroxylation is 1. The molecule has 1 amide bonds. The van der Waals surface area contributed by atoms with E-state index in [1.165, 1.54) is 24.7 Å². The number of nitrogens with one attached hydrogen (secondary N) is 2. The number of fused-ring (bicyclic) bond motifs is 2. The molecule has 0 saturated carbocycles. The lowest BCUT2D eigenvalue weighted by Crippen LogP contribution is -2.35. The van der Waals surface area contributed by atoms with E-state index in [2.05, 4.69) is 25.3 Å². The van der Waals surface area contributed by atoms with Crippen LogP contribution >= 0.6 is 11.6 Å². The third-order valence-corrected chi connectivity index (χ3v) is 12.4. The van der Waals surface area contributed by atoms with Gasteiger partial charge in [0.25, 0.3) is 5.92 Å². The summed E-state index contributed by atoms with van der Waals surface area (Å²) in [5, 5.41) is 15.4. The first-order valence-corrected chi connectivity index (χ1v) is 21.9. The minimum Gasteiger partial charge on any atom is -0.381 e. The molecule has 2 N–H and O–H groups in total. The molecule has 4 aromatic heterocycles. The highest BCUT2D eigenvalue weighted by Gasteiger charge is 2.57. The van der Waals surface area contributed by atoms with E-state index in [4.69, 9.17) is 21.3 Å². The van der Waals surface area contributed by atoms with Crippen LogP contribution in [0.5, 0.6) is 0 Å². The van der Waals surface area contributed by atoms with Crippen molar-refractivity contribution in [1.82, 2.24) is 39.6 Å². The van der Waals surface area contributed by atoms with Gasteiger partial charge in [0.15, 0.2) is 11.5 Å². The second-order valence-electron chi connectivity index (χ2n) is 15.9. The number of aromatic nitrogens is 7. The fraction of sp³-hybridized carbons (Fsp3) is 0.390. The maximum absolute atomic E-state index is 15.7. The van der Waals surface area contributed by atoms with Crippen LogP contribution in [-0.2, 0) is 51.7 Å².